The molecule has 0 amide bonds. The minimum Gasteiger partial charge on any atom is -0.0622 e. The van der Waals surface area contributed by atoms with Gasteiger partial charge in [-0.1, -0.05) is 170 Å². The topological polar surface area (TPSA) is 0 Å². The van der Waals surface area contributed by atoms with E-state index in [1.54, 1.807) is 0 Å². The molecular formula is C42H28. The Labute approximate surface area is 246 Å². The van der Waals surface area contributed by atoms with Crippen molar-refractivity contribution >= 4 is 43.5 Å². The van der Waals surface area contributed by atoms with Gasteiger partial charge in [0, 0.05) is 0 Å². The zero-order valence-electron chi connectivity index (χ0n) is 23.2. The predicted molar refractivity (Wildman–Crippen MR) is 180 cm³/mol. The second-order valence-corrected chi connectivity index (χ2v) is 10.9. The fourth-order valence-electron chi connectivity index (χ4n) is 6.53. The lowest BCUT2D eigenvalue weighted by atomic mass is 9.85. The van der Waals surface area contributed by atoms with Crippen LogP contribution in [-0.4, -0.2) is 0 Å². The number of benzene rings is 8. The molecule has 0 heterocycles. The summed E-state index contributed by atoms with van der Waals surface area (Å²) >= 11 is 0. The normalized spacial score (nSPS) is 11.3. The maximum absolute atomic E-state index is 2.30. The molecule has 0 fully saturated rings. The molecule has 0 spiro atoms. The van der Waals surface area contributed by atoms with E-state index in [1.165, 1.54) is 76.8 Å². The zero-order chi connectivity index (χ0) is 27.9. The molecule has 42 heavy (non-hydrogen) atoms. The van der Waals surface area contributed by atoms with Gasteiger partial charge in [0.25, 0.3) is 0 Å². The molecule has 0 saturated heterocycles. The van der Waals surface area contributed by atoms with Crippen molar-refractivity contribution in [1.29, 1.82) is 0 Å². The van der Waals surface area contributed by atoms with Gasteiger partial charge in [0.1, 0.15) is 0 Å². The van der Waals surface area contributed by atoms with E-state index >= 15 is 0 Å². The van der Waals surface area contributed by atoms with Crippen molar-refractivity contribution < 1.29 is 0 Å². The summed E-state index contributed by atoms with van der Waals surface area (Å²) in [5.74, 6) is 0. The first-order chi connectivity index (χ1) is 20.8. The van der Waals surface area contributed by atoms with E-state index in [0.29, 0.717) is 0 Å². The van der Waals surface area contributed by atoms with Gasteiger partial charge < -0.3 is 0 Å². The van der Waals surface area contributed by atoms with Gasteiger partial charge in [-0.15, -0.1) is 0 Å². The van der Waals surface area contributed by atoms with Crippen LogP contribution >= 0.6 is 0 Å². The quantitative estimate of drug-likeness (QED) is 0.153. The van der Waals surface area contributed by atoms with E-state index in [2.05, 4.69) is 170 Å². The highest BCUT2D eigenvalue weighted by atomic mass is 14.2. The van der Waals surface area contributed by atoms with E-state index in [4.69, 9.17) is 0 Å². The van der Waals surface area contributed by atoms with Gasteiger partial charge in [-0.2, -0.15) is 0 Å². The summed E-state index contributed by atoms with van der Waals surface area (Å²) in [6.45, 7) is 0. The van der Waals surface area contributed by atoms with Gasteiger partial charge in [-0.25, -0.2) is 0 Å². The largest absolute Gasteiger partial charge is 0.0622 e. The Morgan fingerprint density at radius 3 is 1.24 bits per heavy atom. The second kappa shape index (κ2) is 10.2. The molecule has 0 unspecified atom stereocenters. The third-order valence-electron chi connectivity index (χ3n) is 8.45. The monoisotopic (exact) mass is 532 g/mol. The first-order valence-electron chi connectivity index (χ1n) is 14.5. The van der Waals surface area contributed by atoms with E-state index < -0.39 is 0 Å². The fourth-order valence-corrected chi connectivity index (χ4v) is 6.53. The van der Waals surface area contributed by atoms with E-state index in [0.717, 1.165) is 0 Å². The lowest BCUT2D eigenvalue weighted by molar-refractivity contribution is 1.50. The Morgan fingerprint density at radius 2 is 0.714 bits per heavy atom. The van der Waals surface area contributed by atoms with Crippen molar-refractivity contribution in [3.63, 3.8) is 0 Å². The highest BCUT2D eigenvalue weighted by Gasteiger charge is 2.17. The number of rotatable bonds is 5. The minimum absolute atomic E-state index is 1.20. The van der Waals surface area contributed by atoms with Crippen LogP contribution in [0.3, 0.4) is 0 Å². The van der Waals surface area contributed by atoms with E-state index in [9.17, 15) is 0 Å². The summed E-state index contributed by atoms with van der Waals surface area (Å²) < 4.78 is 0. The molecule has 0 saturated carbocycles. The summed E-state index contributed by atoms with van der Waals surface area (Å²) in [6.07, 6.45) is 0. The summed E-state index contributed by atoms with van der Waals surface area (Å²) in [4.78, 5) is 0. The van der Waals surface area contributed by atoms with Crippen molar-refractivity contribution in [3.05, 3.63) is 192 Å². The van der Waals surface area contributed by atoms with Crippen molar-refractivity contribution in [1.82, 2.24) is 0 Å². The molecular weight excluding hydrogens is 504 g/mol. The molecule has 0 radical (unpaired) electrons. The van der Waals surface area contributed by atoms with Crippen LogP contribution < -0.4 is 0 Å². The van der Waals surface area contributed by atoms with Gasteiger partial charge >= 0.3 is 0 Å². The summed E-state index contributed by atoms with van der Waals surface area (Å²) in [6, 6.07) is 61.7. The van der Waals surface area contributed by atoms with Crippen LogP contribution in [-0.2, 0) is 0 Å². The Balaban J connectivity index is 1.34. The van der Waals surface area contributed by atoms with Crippen LogP contribution in [0.4, 0.5) is 0 Å². The van der Waals surface area contributed by atoms with Crippen LogP contribution in [0.25, 0.3) is 54.6 Å². The van der Waals surface area contributed by atoms with Crippen LogP contribution in [0.5, 0.6) is 0 Å². The molecule has 8 aromatic carbocycles. The smallest absolute Gasteiger partial charge is 0.00206 e. The van der Waals surface area contributed by atoms with Gasteiger partial charge in [-0.3, -0.25) is 0 Å². The summed E-state index contributed by atoms with van der Waals surface area (Å²) in [5.41, 5.74) is 9.78. The van der Waals surface area contributed by atoms with Crippen molar-refractivity contribution in [3.8, 4) is 11.1 Å². The molecule has 0 heteroatoms. The third kappa shape index (κ3) is 4.08. The number of hydrogen-bond acceptors (Lipinski definition) is 0. The first-order valence-corrected chi connectivity index (χ1v) is 14.5. The van der Waals surface area contributed by atoms with Gasteiger partial charge in [0.2, 0.25) is 0 Å². The average molecular weight is 533 g/mol. The van der Waals surface area contributed by atoms with Crippen molar-refractivity contribution in [2.24, 2.45) is 0 Å². The number of hydrogen-bond donors (Lipinski definition) is 0. The lowest BCUT2D eigenvalue weighted by Crippen LogP contribution is -1.97. The Kier molecular flexibility index (Phi) is 5.90. The molecule has 0 N–H and O–H groups in total. The maximum atomic E-state index is 2.30. The molecule has 196 valence electrons. The zero-order valence-corrected chi connectivity index (χ0v) is 23.2. The molecule has 8 aromatic rings. The van der Waals surface area contributed by atoms with E-state index in [-0.39, 0.29) is 0 Å². The highest BCUT2D eigenvalue weighted by Crippen LogP contribution is 2.41. The van der Waals surface area contributed by atoms with Gasteiger partial charge in [0.15, 0.2) is 0 Å². The fraction of sp³-hybridized carbons (Fsp3) is 0. The minimum atomic E-state index is 1.20. The SMILES string of the molecule is c1ccc(C(=C(c2ccccc2)c2ccc(-c3ccc4ccc5cccc6ccc3c4c56)cc2)c2ccccc2)cc1. The summed E-state index contributed by atoms with van der Waals surface area (Å²) in [7, 11) is 0. The molecule has 0 atom stereocenters. The molecule has 0 aliphatic rings. The van der Waals surface area contributed by atoms with Crippen molar-refractivity contribution in [2.45, 2.75) is 0 Å². The maximum Gasteiger partial charge on any atom is -0.00206 e. The highest BCUT2D eigenvalue weighted by molar-refractivity contribution is 6.25. The molecule has 0 aliphatic carbocycles. The van der Waals surface area contributed by atoms with E-state index in [1.807, 2.05) is 0 Å². The lowest BCUT2D eigenvalue weighted by Gasteiger charge is -2.19. The van der Waals surface area contributed by atoms with Crippen LogP contribution in [0.15, 0.2) is 170 Å². The van der Waals surface area contributed by atoms with Crippen LogP contribution in [0.2, 0.25) is 0 Å². The summed E-state index contributed by atoms with van der Waals surface area (Å²) in [5, 5.41) is 7.90. The van der Waals surface area contributed by atoms with Crippen molar-refractivity contribution in [2.75, 3.05) is 0 Å². The predicted octanol–water partition coefficient (Wildman–Crippen LogP) is 11.3. The molecule has 8 rings (SSSR count). The molecule has 0 bridgehead atoms. The van der Waals surface area contributed by atoms with Gasteiger partial charge in [-0.05, 0) is 76.8 Å². The standard InChI is InChI=1S/C42H28/c1-4-11-30(12-5-1)39(31-13-6-2-7-14-31)40(32-15-8-3-9-16-32)35-21-19-29(20-22-35)37-27-25-36-24-23-33-17-10-18-34-26-28-38(37)42(36)41(33)34/h1-28H. The third-order valence-corrected chi connectivity index (χ3v) is 8.45. The van der Waals surface area contributed by atoms with Crippen LogP contribution in [0.1, 0.15) is 22.3 Å². The Hall–Kier alpha value is -5.46. The van der Waals surface area contributed by atoms with Crippen LogP contribution in [0, 0.1) is 0 Å². The van der Waals surface area contributed by atoms with Gasteiger partial charge in [0.05, 0.1) is 0 Å². The average Bonchev–Trinajstić information content (AvgIpc) is 3.07. The molecule has 0 aliphatic heterocycles. The molecule has 0 aromatic heterocycles. The first kappa shape index (κ1) is 24.3. The molecule has 0 nitrogen and oxygen atoms in total. The second-order valence-electron chi connectivity index (χ2n) is 10.9. The Bertz CT molecular complexity index is 2130. The Morgan fingerprint density at radius 1 is 0.286 bits per heavy atom.